The van der Waals surface area contributed by atoms with Gasteiger partial charge in [0.25, 0.3) is 0 Å². The van der Waals surface area contributed by atoms with Gasteiger partial charge in [0.2, 0.25) is 0 Å². The van der Waals surface area contributed by atoms with Gasteiger partial charge in [-0.1, -0.05) is 32.9 Å². The standard InChI is InChI=1S/C22H28O5/c1-22(2,3)19-15-18(25-4)10-11-20(19)27-14-13-26-17-8-5-16(6-9-17)7-12-21(23)24/h5-6,8-11,15H,7,12-14H2,1-4H3,(H,23,24). The predicted molar refractivity (Wildman–Crippen MR) is 105 cm³/mol. The molecule has 0 amide bonds. The number of methoxy groups -OCH3 is 1. The molecule has 0 aromatic heterocycles. The SMILES string of the molecule is COc1ccc(OCCOc2ccc(CCC(=O)O)cc2)c(C(C)(C)C)c1. The van der Waals surface area contributed by atoms with Crippen LogP contribution in [-0.4, -0.2) is 31.4 Å². The molecule has 0 radical (unpaired) electrons. The third kappa shape index (κ3) is 6.51. The number of rotatable bonds is 9. The van der Waals surface area contributed by atoms with E-state index in [1.54, 1.807) is 7.11 Å². The van der Waals surface area contributed by atoms with E-state index in [4.69, 9.17) is 19.3 Å². The molecule has 0 aliphatic carbocycles. The largest absolute Gasteiger partial charge is 0.497 e. The average Bonchev–Trinajstić information content (AvgIpc) is 2.63. The lowest BCUT2D eigenvalue weighted by atomic mass is 9.86. The monoisotopic (exact) mass is 372 g/mol. The maximum atomic E-state index is 10.6. The van der Waals surface area contributed by atoms with Gasteiger partial charge in [-0.25, -0.2) is 0 Å². The zero-order valence-electron chi connectivity index (χ0n) is 16.5. The van der Waals surface area contributed by atoms with Crippen LogP contribution in [0.15, 0.2) is 42.5 Å². The Hall–Kier alpha value is -2.69. The van der Waals surface area contributed by atoms with Crippen LogP contribution in [0.1, 0.15) is 38.3 Å². The Morgan fingerprint density at radius 2 is 1.59 bits per heavy atom. The van der Waals surface area contributed by atoms with Crippen LogP contribution in [0, 0.1) is 0 Å². The maximum absolute atomic E-state index is 10.6. The number of carbonyl (C=O) groups is 1. The van der Waals surface area contributed by atoms with Crippen molar-refractivity contribution in [3.63, 3.8) is 0 Å². The Kier molecular flexibility index (Phi) is 7.11. The third-order valence-corrected chi connectivity index (χ3v) is 4.16. The lowest BCUT2D eigenvalue weighted by Gasteiger charge is -2.23. The molecule has 5 heteroatoms. The smallest absolute Gasteiger partial charge is 0.303 e. The molecular weight excluding hydrogens is 344 g/mol. The second-order valence-corrected chi connectivity index (χ2v) is 7.35. The summed E-state index contributed by atoms with van der Waals surface area (Å²) in [4.78, 5) is 10.6. The summed E-state index contributed by atoms with van der Waals surface area (Å²) in [7, 11) is 1.66. The molecule has 0 fully saturated rings. The first kappa shape index (κ1) is 20.6. The van der Waals surface area contributed by atoms with Crippen molar-refractivity contribution in [1.82, 2.24) is 0 Å². The second kappa shape index (κ2) is 9.31. The zero-order chi connectivity index (χ0) is 19.9. The molecule has 0 bridgehead atoms. The van der Waals surface area contributed by atoms with Crippen molar-refractivity contribution < 1.29 is 24.1 Å². The minimum absolute atomic E-state index is 0.0590. The summed E-state index contributed by atoms with van der Waals surface area (Å²) in [5, 5.41) is 8.72. The number of aryl methyl sites for hydroxylation is 1. The van der Waals surface area contributed by atoms with E-state index in [-0.39, 0.29) is 11.8 Å². The van der Waals surface area contributed by atoms with Gasteiger partial charge < -0.3 is 19.3 Å². The maximum Gasteiger partial charge on any atom is 0.303 e. The Labute approximate surface area is 160 Å². The molecule has 0 aliphatic rings. The van der Waals surface area contributed by atoms with Crippen molar-refractivity contribution in [1.29, 1.82) is 0 Å². The highest BCUT2D eigenvalue weighted by molar-refractivity contribution is 5.67. The van der Waals surface area contributed by atoms with E-state index in [1.165, 1.54) is 0 Å². The molecule has 5 nitrogen and oxygen atoms in total. The van der Waals surface area contributed by atoms with Crippen LogP contribution >= 0.6 is 0 Å². The molecule has 0 heterocycles. The number of carboxylic acid groups (broad SMARTS) is 1. The van der Waals surface area contributed by atoms with Crippen LogP contribution in [0.3, 0.4) is 0 Å². The fourth-order valence-electron chi connectivity index (χ4n) is 2.66. The van der Waals surface area contributed by atoms with E-state index in [1.807, 2.05) is 42.5 Å². The molecule has 1 N–H and O–H groups in total. The van der Waals surface area contributed by atoms with Gasteiger partial charge in [-0.05, 0) is 47.7 Å². The molecule has 0 unspecified atom stereocenters. The van der Waals surface area contributed by atoms with E-state index in [0.29, 0.717) is 19.6 Å². The molecule has 2 aromatic carbocycles. The number of aliphatic carboxylic acids is 1. The van der Waals surface area contributed by atoms with Crippen LogP contribution in [0.5, 0.6) is 17.2 Å². The van der Waals surface area contributed by atoms with Crippen molar-refractivity contribution in [2.75, 3.05) is 20.3 Å². The summed E-state index contributed by atoms with van der Waals surface area (Å²) < 4.78 is 17.0. The summed E-state index contributed by atoms with van der Waals surface area (Å²) >= 11 is 0. The van der Waals surface area contributed by atoms with E-state index in [9.17, 15) is 4.79 Å². The second-order valence-electron chi connectivity index (χ2n) is 7.35. The highest BCUT2D eigenvalue weighted by Crippen LogP contribution is 2.34. The third-order valence-electron chi connectivity index (χ3n) is 4.16. The first-order chi connectivity index (χ1) is 12.8. The fourth-order valence-corrected chi connectivity index (χ4v) is 2.66. The predicted octanol–water partition coefficient (Wildman–Crippen LogP) is 4.47. The number of hydrogen-bond donors (Lipinski definition) is 1. The quantitative estimate of drug-likeness (QED) is 0.658. The first-order valence-electron chi connectivity index (χ1n) is 9.04. The van der Waals surface area contributed by atoms with E-state index in [0.717, 1.165) is 28.4 Å². The van der Waals surface area contributed by atoms with E-state index in [2.05, 4.69) is 20.8 Å². The van der Waals surface area contributed by atoms with Crippen LogP contribution in [0.25, 0.3) is 0 Å². The van der Waals surface area contributed by atoms with Crippen molar-refractivity contribution in [3.8, 4) is 17.2 Å². The molecular formula is C22H28O5. The van der Waals surface area contributed by atoms with Crippen LogP contribution in [0.2, 0.25) is 0 Å². The summed E-state index contributed by atoms with van der Waals surface area (Å²) in [6.07, 6.45) is 0.651. The van der Waals surface area contributed by atoms with Crippen molar-refractivity contribution in [3.05, 3.63) is 53.6 Å². The molecule has 0 saturated heterocycles. The van der Waals surface area contributed by atoms with E-state index < -0.39 is 5.97 Å². The van der Waals surface area contributed by atoms with E-state index >= 15 is 0 Å². The lowest BCUT2D eigenvalue weighted by molar-refractivity contribution is -0.136. The number of ether oxygens (including phenoxy) is 3. The van der Waals surface area contributed by atoms with Gasteiger partial charge in [0.15, 0.2) is 0 Å². The van der Waals surface area contributed by atoms with Crippen LogP contribution < -0.4 is 14.2 Å². The van der Waals surface area contributed by atoms with Gasteiger partial charge in [-0.15, -0.1) is 0 Å². The number of hydrogen-bond acceptors (Lipinski definition) is 4. The van der Waals surface area contributed by atoms with Crippen molar-refractivity contribution >= 4 is 5.97 Å². The first-order valence-corrected chi connectivity index (χ1v) is 9.04. The minimum Gasteiger partial charge on any atom is -0.497 e. The highest BCUT2D eigenvalue weighted by Gasteiger charge is 2.20. The normalized spacial score (nSPS) is 11.1. The van der Waals surface area contributed by atoms with Gasteiger partial charge in [-0.3, -0.25) is 4.79 Å². The van der Waals surface area contributed by atoms with Gasteiger partial charge in [0, 0.05) is 12.0 Å². The van der Waals surface area contributed by atoms with Crippen molar-refractivity contribution in [2.24, 2.45) is 0 Å². The molecule has 0 aliphatic heterocycles. The fraction of sp³-hybridized carbons (Fsp3) is 0.409. The highest BCUT2D eigenvalue weighted by atomic mass is 16.5. The molecule has 146 valence electrons. The van der Waals surface area contributed by atoms with Crippen LogP contribution in [-0.2, 0) is 16.6 Å². The van der Waals surface area contributed by atoms with Crippen LogP contribution in [0.4, 0.5) is 0 Å². The summed E-state index contributed by atoms with van der Waals surface area (Å²) in [6.45, 7) is 7.26. The Morgan fingerprint density at radius 1 is 0.963 bits per heavy atom. The van der Waals surface area contributed by atoms with Crippen molar-refractivity contribution in [2.45, 2.75) is 39.0 Å². The van der Waals surface area contributed by atoms with Gasteiger partial charge >= 0.3 is 5.97 Å². The lowest BCUT2D eigenvalue weighted by Crippen LogP contribution is -2.16. The van der Waals surface area contributed by atoms with Gasteiger partial charge in [0.1, 0.15) is 30.5 Å². The molecule has 27 heavy (non-hydrogen) atoms. The summed E-state index contributed by atoms with van der Waals surface area (Å²) in [5.74, 6) is 1.59. The Bertz CT molecular complexity index is 744. The van der Waals surface area contributed by atoms with Gasteiger partial charge in [-0.2, -0.15) is 0 Å². The topological polar surface area (TPSA) is 65.0 Å². The number of benzene rings is 2. The molecule has 0 spiro atoms. The average molecular weight is 372 g/mol. The molecule has 2 rings (SSSR count). The zero-order valence-corrected chi connectivity index (χ0v) is 16.5. The summed E-state index contributed by atoms with van der Waals surface area (Å²) in [6, 6.07) is 13.3. The summed E-state index contributed by atoms with van der Waals surface area (Å²) in [5.41, 5.74) is 2.01. The van der Waals surface area contributed by atoms with Gasteiger partial charge in [0.05, 0.1) is 7.11 Å². The Balaban J connectivity index is 1.87. The molecule has 2 aromatic rings. The number of carboxylic acids is 1. The molecule has 0 saturated carbocycles. The minimum atomic E-state index is -0.791. The molecule has 0 atom stereocenters. The Morgan fingerprint density at radius 3 is 2.19 bits per heavy atom.